The minimum Gasteiger partial charge on any atom is -0.393 e. The first kappa shape index (κ1) is 18.1. The van der Waals surface area contributed by atoms with Gasteiger partial charge in [0.15, 0.2) is 0 Å². The van der Waals surface area contributed by atoms with E-state index < -0.39 is 0 Å². The maximum absolute atomic E-state index is 12.4. The van der Waals surface area contributed by atoms with Crippen LogP contribution in [-0.2, 0) is 5.41 Å². The normalized spacial score (nSPS) is 20.2. The van der Waals surface area contributed by atoms with Crippen LogP contribution in [-0.4, -0.2) is 41.8 Å². The Hall–Kier alpha value is -1.26. The molecule has 1 aromatic rings. The molecule has 0 bridgehead atoms. The summed E-state index contributed by atoms with van der Waals surface area (Å²) in [5, 5.41) is 13.5. The third-order valence-electron chi connectivity index (χ3n) is 4.73. The fourth-order valence-corrected chi connectivity index (χ4v) is 3.13. The second kappa shape index (κ2) is 7.54. The monoisotopic (exact) mass is 338 g/mol. The third kappa shape index (κ3) is 4.85. The molecule has 1 aliphatic heterocycles. The van der Waals surface area contributed by atoms with Crippen molar-refractivity contribution in [2.45, 2.75) is 45.1 Å². The minimum absolute atomic E-state index is 0.0441. The molecule has 128 valence electrons. The summed E-state index contributed by atoms with van der Waals surface area (Å²) in [5.74, 6) is 0.179. The minimum atomic E-state index is -0.365. The van der Waals surface area contributed by atoms with Gasteiger partial charge in [-0.25, -0.2) is 4.79 Å². The molecule has 2 amide bonds. The van der Waals surface area contributed by atoms with Crippen LogP contribution in [0.25, 0.3) is 0 Å². The highest BCUT2D eigenvalue weighted by Gasteiger charge is 2.28. The van der Waals surface area contributed by atoms with E-state index in [1.165, 1.54) is 0 Å². The molecule has 0 saturated carbocycles. The van der Waals surface area contributed by atoms with E-state index in [9.17, 15) is 9.90 Å². The van der Waals surface area contributed by atoms with E-state index in [4.69, 9.17) is 11.6 Å². The van der Waals surface area contributed by atoms with E-state index in [1.807, 2.05) is 29.2 Å². The number of carbonyl (C=O) groups excluding carboxylic acids is 1. The van der Waals surface area contributed by atoms with Crippen LogP contribution in [0, 0.1) is 5.92 Å². The number of benzene rings is 1. The molecule has 1 aromatic carbocycles. The Kier molecular flexibility index (Phi) is 5.93. The quantitative estimate of drug-likeness (QED) is 0.883. The number of aliphatic hydroxyl groups is 1. The number of piperidine rings is 1. The molecule has 0 aliphatic carbocycles. The van der Waals surface area contributed by atoms with Crippen LogP contribution in [0.15, 0.2) is 24.3 Å². The number of carbonyl (C=O) groups is 1. The molecule has 5 heteroatoms. The lowest BCUT2D eigenvalue weighted by Gasteiger charge is -2.35. The van der Waals surface area contributed by atoms with Crippen molar-refractivity contribution in [2.24, 2.45) is 5.92 Å². The molecule has 2 unspecified atom stereocenters. The zero-order chi connectivity index (χ0) is 17.0. The zero-order valence-corrected chi connectivity index (χ0v) is 14.9. The van der Waals surface area contributed by atoms with Gasteiger partial charge in [0.05, 0.1) is 6.10 Å². The third-order valence-corrected chi connectivity index (χ3v) is 4.99. The summed E-state index contributed by atoms with van der Waals surface area (Å²) in [5.41, 5.74) is 0.974. The molecule has 1 aliphatic rings. The lowest BCUT2D eigenvalue weighted by atomic mass is 9.84. The van der Waals surface area contributed by atoms with E-state index in [1.54, 1.807) is 6.92 Å². The van der Waals surface area contributed by atoms with Gasteiger partial charge in [-0.05, 0) is 37.5 Å². The highest BCUT2D eigenvalue weighted by atomic mass is 35.5. The molecule has 2 rings (SSSR count). The predicted octanol–water partition coefficient (Wildman–Crippen LogP) is 3.42. The number of amides is 2. The predicted molar refractivity (Wildman–Crippen MR) is 93.9 cm³/mol. The summed E-state index contributed by atoms with van der Waals surface area (Å²) in [6.07, 6.45) is 1.57. The number of hydrogen-bond acceptors (Lipinski definition) is 2. The Bertz CT molecular complexity index is 528. The maximum atomic E-state index is 12.4. The van der Waals surface area contributed by atoms with Gasteiger partial charge in [-0.2, -0.15) is 0 Å². The summed E-state index contributed by atoms with van der Waals surface area (Å²) in [6, 6.07) is 7.70. The van der Waals surface area contributed by atoms with Crippen molar-refractivity contribution in [2.75, 3.05) is 19.6 Å². The summed E-state index contributed by atoms with van der Waals surface area (Å²) < 4.78 is 0. The van der Waals surface area contributed by atoms with Crippen LogP contribution in [0.4, 0.5) is 4.79 Å². The first-order chi connectivity index (χ1) is 10.8. The maximum Gasteiger partial charge on any atom is 0.317 e. The topological polar surface area (TPSA) is 52.6 Å². The van der Waals surface area contributed by atoms with Crippen LogP contribution >= 0.6 is 11.6 Å². The van der Waals surface area contributed by atoms with Gasteiger partial charge in [-0.1, -0.05) is 37.6 Å². The Morgan fingerprint density at radius 2 is 2.09 bits per heavy atom. The number of nitrogens with zero attached hydrogens (tertiary/aromatic N) is 1. The standard InChI is InChI=1S/C18H27ClN2O2/c1-13(22)14-5-4-10-21(11-14)17(23)20-12-18(2,3)15-6-8-16(19)9-7-15/h6-9,13-14,22H,4-5,10-12H2,1-3H3,(H,20,23). The van der Waals surface area contributed by atoms with Gasteiger partial charge in [-0.3, -0.25) is 0 Å². The van der Waals surface area contributed by atoms with E-state index in [2.05, 4.69) is 19.2 Å². The molecule has 23 heavy (non-hydrogen) atoms. The van der Waals surface area contributed by atoms with Crippen molar-refractivity contribution >= 4 is 17.6 Å². The number of aliphatic hydroxyl groups excluding tert-OH is 1. The van der Waals surface area contributed by atoms with Gasteiger partial charge in [0.25, 0.3) is 0 Å². The highest BCUT2D eigenvalue weighted by Crippen LogP contribution is 2.24. The van der Waals surface area contributed by atoms with Gasteiger partial charge in [0.1, 0.15) is 0 Å². The molecule has 0 aromatic heterocycles. The molecule has 1 saturated heterocycles. The Balaban J connectivity index is 1.91. The van der Waals surface area contributed by atoms with Crippen LogP contribution in [0.1, 0.15) is 39.2 Å². The molecule has 4 nitrogen and oxygen atoms in total. The van der Waals surface area contributed by atoms with Crippen LogP contribution in [0.2, 0.25) is 5.02 Å². The van der Waals surface area contributed by atoms with Crippen molar-refractivity contribution in [3.05, 3.63) is 34.9 Å². The number of likely N-dealkylation sites (tertiary alicyclic amines) is 1. The van der Waals surface area contributed by atoms with Gasteiger partial charge in [0.2, 0.25) is 0 Å². The van der Waals surface area contributed by atoms with E-state index >= 15 is 0 Å². The first-order valence-electron chi connectivity index (χ1n) is 8.26. The van der Waals surface area contributed by atoms with Gasteiger partial charge >= 0.3 is 6.03 Å². The van der Waals surface area contributed by atoms with Gasteiger partial charge in [0, 0.05) is 36.0 Å². The zero-order valence-electron chi connectivity index (χ0n) is 14.2. The van der Waals surface area contributed by atoms with Gasteiger partial charge < -0.3 is 15.3 Å². The van der Waals surface area contributed by atoms with Crippen LogP contribution < -0.4 is 5.32 Å². The Morgan fingerprint density at radius 3 is 2.70 bits per heavy atom. The number of urea groups is 1. The Labute approximate surface area is 143 Å². The van der Waals surface area contributed by atoms with E-state index in [0.29, 0.717) is 18.1 Å². The largest absolute Gasteiger partial charge is 0.393 e. The smallest absolute Gasteiger partial charge is 0.317 e. The van der Waals surface area contributed by atoms with Crippen molar-refractivity contribution in [1.29, 1.82) is 0 Å². The summed E-state index contributed by atoms with van der Waals surface area (Å²) in [4.78, 5) is 14.2. The fraction of sp³-hybridized carbons (Fsp3) is 0.611. The first-order valence-corrected chi connectivity index (χ1v) is 8.64. The fourth-order valence-electron chi connectivity index (χ4n) is 3.00. The van der Waals surface area contributed by atoms with Gasteiger partial charge in [-0.15, -0.1) is 0 Å². The lowest BCUT2D eigenvalue weighted by molar-refractivity contribution is 0.0737. The molecule has 2 N–H and O–H groups in total. The highest BCUT2D eigenvalue weighted by molar-refractivity contribution is 6.30. The SMILES string of the molecule is CC(O)C1CCCN(C(=O)NCC(C)(C)c2ccc(Cl)cc2)C1. The second-order valence-electron chi connectivity index (χ2n) is 7.14. The van der Waals surface area contributed by atoms with Crippen molar-refractivity contribution < 1.29 is 9.90 Å². The van der Waals surface area contributed by atoms with Crippen molar-refractivity contribution in [3.8, 4) is 0 Å². The second-order valence-corrected chi connectivity index (χ2v) is 7.57. The van der Waals surface area contributed by atoms with Crippen LogP contribution in [0.5, 0.6) is 0 Å². The molecular formula is C18H27ClN2O2. The van der Waals surface area contributed by atoms with E-state index in [0.717, 1.165) is 24.9 Å². The summed E-state index contributed by atoms with van der Waals surface area (Å²) in [7, 11) is 0. The number of hydrogen-bond donors (Lipinski definition) is 2. The number of rotatable bonds is 4. The molecule has 0 spiro atoms. The molecule has 2 atom stereocenters. The average molecular weight is 339 g/mol. The molecular weight excluding hydrogens is 312 g/mol. The number of nitrogens with one attached hydrogen (secondary N) is 1. The molecule has 1 heterocycles. The lowest BCUT2D eigenvalue weighted by Crippen LogP contribution is -2.49. The molecule has 0 radical (unpaired) electrons. The molecule has 1 fully saturated rings. The van der Waals surface area contributed by atoms with Crippen molar-refractivity contribution in [1.82, 2.24) is 10.2 Å². The Morgan fingerprint density at radius 1 is 1.43 bits per heavy atom. The van der Waals surface area contributed by atoms with E-state index in [-0.39, 0.29) is 23.5 Å². The average Bonchev–Trinajstić information content (AvgIpc) is 2.53. The summed E-state index contributed by atoms with van der Waals surface area (Å²) >= 11 is 5.93. The van der Waals surface area contributed by atoms with Crippen LogP contribution in [0.3, 0.4) is 0 Å². The number of halogens is 1. The van der Waals surface area contributed by atoms with Crippen molar-refractivity contribution in [3.63, 3.8) is 0 Å². The summed E-state index contributed by atoms with van der Waals surface area (Å²) in [6.45, 7) is 7.96.